The molecule has 0 aliphatic carbocycles. The maximum absolute atomic E-state index is 13.4. The van der Waals surface area contributed by atoms with E-state index in [1.54, 1.807) is 19.2 Å². The van der Waals surface area contributed by atoms with Crippen LogP contribution in [-0.2, 0) is 6.54 Å². The fourth-order valence-electron chi connectivity index (χ4n) is 2.69. The van der Waals surface area contributed by atoms with Crippen molar-refractivity contribution in [1.82, 2.24) is 9.55 Å². The molecule has 4 heteroatoms. The van der Waals surface area contributed by atoms with E-state index >= 15 is 0 Å². The first-order valence-corrected chi connectivity index (χ1v) is 6.83. The summed E-state index contributed by atoms with van der Waals surface area (Å²) in [5, 5.41) is 1.02. The molecule has 21 heavy (non-hydrogen) atoms. The van der Waals surface area contributed by atoms with Crippen molar-refractivity contribution in [3.63, 3.8) is 0 Å². The smallest absolute Gasteiger partial charge is 0.128 e. The molecule has 0 radical (unpaired) electrons. The van der Waals surface area contributed by atoms with Gasteiger partial charge >= 0.3 is 0 Å². The van der Waals surface area contributed by atoms with Gasteiger partial charge in [-0.15, -0.1) is 0 Å². The van der Waals surface area contributed by atoms with Gasteiger partial charge in [-0.25, -0.2) is 4.39 Å². The van der Waals surface area contributed by atoms with Crippen LogP contribution in [0, 0.1) is 19.7 Å². The number of nitrogens with zero attached hydrogens (tertiary/aromatic N) is 2. The molecule has 0 bridgehead atoms. The first-order chi connectivity index (χ1) is 10.1. The minimum atomic E-state index is -0.228. The number of benzene rings is 1. The van der Waals surface area contributed by atoms with Crippen molar-refractivity contribution in [2.45, 2.75) is 20.4 Å². The average molecular weight is 284 g/mol. The lowest BCUT2D eigenvalue weighted by Gasteiger charge is -2.13. The standard InChI is InChI=1S/C17H17FN2O/c1-11-9-19-15(12(2)17(11)21-3)10-20-7-6-13-4-5-14(18)8-16(13)20/h4-9H,10H2,1-3H3. The first-order valence-electron chi connectivity index (χ1n) is 6.83. The Morgan fingerprint density at radius 2 is 2.05 bits per heavy atom. The predicted octanol–water partition coefficient (Wildman–Crippen LogP) is 3.85. The van der Waals surface area contributed by atoms with Crippen LogP contribution in [0.1, 0.15) is 16.8 Å². The zero-order valence-electron chi connectivity index (χ0n) is 12.4. The van der Waals surface area contributed by atoms with E-state index < -0.39 is 0 Å². The molecule has 0 spiro atoms. The molecular formula is C17H17FN2O. The Labute approximate surface area is 123 Å². The molecule has 2 aromatic heterocycles. The van der Waals surface area contributed by atoms with Gasteiger partial charge in [-0.3, -0.25) is 4.98 Å². The van der Waals surface area contributed by atoms with Gasteiger partial charge < -0.3 is 9.30 Å². The van der Waals surface area contributed by atoms with Crippen molar-refractivity contribution in [1.29, 1.82) is 0 Å². The number of halogens is 1. The van der Waals surface area contributed by atoms with Gasteiger partial charge in [-0.1, -0.05) is 0 Å². The summed E-state index contributed by atoms with van der Waals surface area (Å²) in [7, 11) is 1.67. The van der Waals surface area contributed by atoms with Gasteiger partial charge in [0.05, 0.1) is 24.9 Å². The van der Waals surface area contributed by atoms with Crippen LogP contribution in [-0.4, -0.2) is 16.7 Å². The van der Waals surface area contributed by atoms with Crippen LogP contribution in [0.15, 0.2) is 36.7 Å². The van der Waals surface area contributed by atoms with Crippen LogP contribution in [0.25, 0.3) is 10.9 Å². The van der Waals surface area contributed by atoms with E-state index in [4.69, 9.17) is 4.74 Å². The molecule has 0 aliphatic rings. The van der Waals surface area contributed by atoms with E-state index in [-0.39, 0.29) is 5.82 Å². The van der Waals surface area contributed by atoms with Crippen LogP contribution in [0.5, 0.6) is 5.75 Å². The van der Waals surface area contributed by atoms with Crippen molar-refractivity contribution in [3.8, 4) is 5.75 Å². The van der Waals surface area contributed by atoms with Crippen LogP contribution in [0.3, 0.4) is 0 Å². The van der Waals surface area contributed by atoms with Crippen molar-refractivity contribution in [3.05, 3.63) is 59.3 Å². The number of ether oxygens (including phenoxy) is 1. The molecule has 0 saturated heterocycles. The summed E-state index contributed by atoms with van der Waals surface area (Å²) in [6.07, 6.45) is 3.77. The summed E-state index contributed by atoms with van der Waals surface area (Å²) in [6, 6.07) is 6.80. The zero-order chi connectivity index (χ0) is 15.0. The van der Waals surface area contributed by atoms with Crippen molar-refractivity contribution >= 4 is 10.9 Å². The summed E-state index contributed by atoms with van der Waals surface area (Å²) in [5.41, 5.74) is 3.84. The number of rotatable bonds is 3. The van der Waals surface area contributed by atoms with Crippen molar-refractivity contribution < 1.29 is 9.13 Å². The molecule has 3 nitrogen and oxygen atoms in total. The van der Waals surface area contributed by atoms with Crippen LogP contribution < -0.4 is 4.74 Å². The van der Waals surface area contributed by atoms with E-state index in [1.165, 1.54) is 6.07 Å². The number of methoxy groups -OCH3 is 1. The normalized spacial score (nSPS) is 11.0. The Kier molecular flexibility index (Phi) is 3.37. The van der Waals surface area contributed by atoms with Gasteiger partial charge in [0.25, 0.3) is 0 Å². The highest BCUT2D eigenvalue weighted by Gasteiger charge is 2.11. The van der Waals surface area contributed by atoms with E-state index in [1.807, 2.05) is 36.9 Å². The monoisotopic (exact) mass is 284 g/mol. The highest BCUT2D eigenvalue weighted by molar-refractivity contribution is 5.80. The minimum Gasteiger partial charge on any atom is -0.496 e. The van der Waals surface area contributed by atoms with Gasteiger partial charge in [0.2, 0.25) is 0 Å². The highest BCUT2D eigenvalue weighted by Crippen LogP contribution is 2.25. The molecule has 0 N–H and O–H groups in total. The SMILES string of the molecule is COc1c(C)cnc(Cn2ccc3ccc(F)cc32)c1C. The molecule has 3 aromatic rings. The highest BCUT2D eigenvalue weighted by atomic mass is 19.1. The third-order valence-electron chi connectivity index (χ3n) is 3.81. The number of aromatic nitrogens is 2. The van der Waals surface area contributed by atoms with Gasteiger partial charge in [0.1, 0.15) is 11.6 Å². The quantitative estimate of drug-likeness (QED) is 0.730. The lowest BCUT2D eigenvalue weighted by molar-refractivity contribution is 0.406. The van der Waals surface area contributed by atoms with Crippen LogP contribution in [0.2, 0.25) is 0 Å². The fraction of sp³-hybridized carbons (Fsp3) is 0.235. The number of hydrogen-bond donors (Lipinski definition) is 0. The van der Waals surface area contributed by atoms with E-state index in [9.17, 15) is 4.39 Å². The molecule has 0 unspecified atom stereocenters. The van der Waals surface area contributed by atoms with Gasteiger partial charge in [-0.2, -0.15) is 0 Å². The lowest BCUT2D eigenvalue weighted by Crippen LogP contribution is -2.05. The molecule has 1 aromatic carbocycles. The summed E-state index contributed by atoms with van der Waals surface area (Å²) >= 11 is 0. The third-order valence-corrected chi connectivity index (χ3v) is 3.81. The second-order valence-electron chi connectivity index (χ2n) is 5.19. The molecule has 108 valence electrons. The van der Waals surface area contributed by atoms with E-state index in [2.05, 4.69) is 4.98 Å². The molecule has 0 amide bonds. The van der Waals surface area contributed by atoms with Gasteiger partial charge in [0.15, 0.2) is 0 Å². The maximum atomic E-state index is 13.4. The molecular weight excluding hydrogens is 267 g/mol. The van der Waals surface area contributed by atoms with Crippen LogP contribution >= 0.6 is 0 Å². The van der Waals surface area contributed by atoms with Crippen LogP contribution in [0.4, 0.5) is 4.39 Å². The maximum Gasteiger partial charge on any atom is 0.128 e. The molecule has 0 fully saturated rings. The summed E-state index contributed by atoms with van der Waals surface area (Å²) in [6.45, 7) is 4.57. The topological polar surface area (TPSA) is 27.1 Å². The second kappa shape index (κ2) is 5.20. The fourth-order valence-corrected chi connectivity index (χ4v) is 2.69. The summed E-state index contributed by atoms with van der Waals surface area (Å²) in [5.74, 6) is 0.635. The Morgan fingerprint density at radius 3 is 2.81 bits per heavy atom. The first kappa shape index (κ1) is 13.6. The summed E-state index contributed by atoms with van der Waals surface area (Å²) in [4.78, 5) is 4.50. The Morgan fingerprint density at radius 1 is 1.24 bits per heavy atom. The third kappa shape index (κ3) is 2.37. The predicted molar refractivity (Wildman–Crippen MR) is 81.3 cm³/mol. The van der Waals surface area contributed by atoms with E-state index in [0.717, 1.165) is 33.5 Å². The van der Waals surface area contributed by atoms with Crippen molar-refractivity contribution in [2.75, 3.05) is 7.11 Å². The molecule has 3 rings (SSSR count). The van der Waals surface area contributed by atoms with Gasteiger partial charge in [0, 0.05) is 23.5 Å². The number of fused-ring (bicyclic) bond motifs is 1. The van der Waals surface area contributed by atoms with E-state index in [0.29, 0.717) is 6.54 Å². The Hall–Kier alpha value is -2.36. The molecule has 2 heterocycles. The number of pyridine rings is 1. The average Bonchev–Trinajstić information content (AvgIpc) is 2.85. The summed E-state index contributed by atoms with van der Waals surface area (Å²) < 4.78 is 20.9. The molecule has 0 atom stereocenters. The second-order valence-corrected chi connectivity index (χ2v) is 5.19. The Balaban J connectivity index is 2.05. The Bertz CT molecular complexity index is 808. The minimum absolute atomic E-state index is 0.228. The lowest BCUT2D eigenvalue weighted by atomic mass is 10.1. The number of aryl methyl sites for hydroxylation is 1. The largest absolute Gasteiger partial charge is 0.496 e. The molecule has 0 saturated carbocycles. The van der Waals surface area contributed by atoms with Gasteiger partial charge in [-0.05, 0) is 43.5 Å². The number of hydrogen-bond acceptors (Lipinski definition) is 2. The van der Waals surface area contributed by atoms with Crippen molar-refractivity contribution in [2.24, 2.45) is 0 Å². The molecule has 0 aliphatic heterocycles. The zero-order valence-corrected chi connectivity index (χ0v) is 12.4.